The number of hydrogen-bond acceptors (Lipinski definition) is 1. The summed E-state index contributed by atoms with van der Waals surface area (Å²) >= 11 is 0. The van der Waals surface area contributed by atoms with Gasteiger partial charge in [-0.3, -0.25) is 0 Å². The van der Waals surface area contributed by atoms with Gasteiger partial charge in [0.15, 0.2) is 0 Å². The van der Waals surface area contributed by atoms with Crippen LogP contribution in [0.2, 0.25) is 0 Å². The molecule has 88 valence electrons. The lowest BCUT2D eigenvalue weighted by Gasteiger charge is -2.16. The molecule has 2 rings (SSSR count). The Bertz CT molecular complexity index is 333. The molecule has 0 heterocycles. The Labute approximate surface area is 97.1 Å². The fourth-order valence-electron chi connectivity index (χ4n) is 2.24. The molecule has 0 radical (unpaired) electrons. The fraction of sp³-hybridized carbons (Fsp3) is 0.571. The molecule has 1 saturated carbocycles. The van der Waals surface area contributed by atoms with Gasteiger partial charge in [0, 0.05) is 6.04 Å². The van der Waals surface area contributed by atoms with Gasteiger partial charge < -0.3 is 5.32 Å². The van der Waals surface area contributed by atoms with E-state index >= 15 is 0 Å². The van der Waals surface area contributed by atoms with Gasteiger partial charge >= 0.3 is 0 Å². The highest BCUT2D eigenvalue weighted by Gasteiger charge is 2.29. The lowest BCUT2D eigenvalue weighted by Crippen LogP contribution is -2.32. The first-order valence-electron chi connectivity index (χ1n) is 6.28. The summed E-state index contributed by atoms with van der Waals surface area (Å²) in [4.78, 5) is 0. The molecule has 1 atom stereocenters. The molecular formula is C14H20FN. The van der Waals surface area contributed by atoms with Crippen LogP contribution in [0.5, 0.6) is 0 Å². The Morgan fingerprint density at radius 3 is 2.75 bits per heavy atom. The van der Waals surface area contributed by atoms with Crippen molar-refractivity contribution in [2.24, 2.45) is 5.92 Å². The van der Waals surface area contributed by atoms with Crippen molar-refractivity contribution >= 4 is 0 Å². The fourth-order valence-corrected chi connectivity index (χ4v) is 2.24. The van der Waals surface area contributed by atoms with Gasteiger partial charge in [-0.15, -0.1) is 0 Å². The summed E-state index contributed by atoms with van der Waals surface area (Å²) < 4.78 is 13.3. The third kappa shape index (κ3) is 3.05. The van der Waals surface area contributed by atoms with E-state index in [9.17, 15) is 4.39 Å². The Hall–Kier alpha value is -0.890. The van der Waals surface area contributed by atoms with Crippen LogP contribution in [-0.2, 0) is 6.42 Å². The average molecular weight is 221 g/mol. The van der Waals surface area contributed by atoms with E-state index in [1.807, 2.05) is 12.1 Å². The van der Waals surface area contributed by atoms with Crippen LogP contribution >= 0.6 is 0 Å². The van der Waals surface area contributed by atoms with Crippen molar-refractivity contribution < 1.29 is 4.39 Å². The first kappa shape index (κ1) is 11.6. The van der Waals surface area contributed by atoms with Crippen molar-refractivity contribution in [3.05, 3.63) is 35.6 Å². The first-order chi connectivity index (χ1) is 7.81. The first-order valence-corrected chi connectivity index (χ1v) is 6.28. The van der Waals surface area contributed by atoms with Gasteiger partial charge in [-0.05, 0) is 49.8 Å². The molecule has 0 aromatic heterocycles. The molecule has 0 bridgehead atoms. The molecule has 1 unspecified atom stereocenters. The van der Waals surface area contributed by atoms with Crippen LogP contribution in [0.3, 0.4) is 0 Å². The Morgan fingerprint density at radius 2 is 2.12 bits per heavy atom. The molecular weight excluding hydrogens is 201 g/mol. The SMILES string of the molecule is CCC(NCCc1ccccc1F)C1CC1. The highest BCUT2D eigenvalue weighted by molar-refractivity contribution is 5.17. The molecule has 1 aromatic carbocycles. The normalized spacial score (nSPS) is 17.4. The lowest BCUT2D eigenvalue weighted by atomic mass is 10.1. The molecule has 0 amide bonds. The molecule has 0 aliphatic heterocycles. The summed E-state index contributed by atoms with van der Waals surface area (Å²) in [5.41, 5.74) is 0.820. The molecule has 1 N–H and O–H groups in total. The summed E-state index contributed by atoms with van der Waals surface area (Å²) in [6, 6.07) is 7.69. The van der Waals surface area contributed by atoms with Gasteiger partial charge in [-0.2, -0.15) is 0 Å². The molecule has 1 nitrogen and oxygen atoms in total. The van der Waals surface area contributed by atoms with Crippen LogP contribution < -0.4 is 5.32 Å². The predicted molar refractivity (Wildman–Crippen MR) is 64.9 cm³/mol. The maximum Gasteiger partial charge on any atom is 0.126 e. The smallest absolute Gasteiger partial charge is 0.126 e. The van der Waals surface area contributed by atoms with E-state index in [2.05, 4.69) is 12.2 Å². The zero-order valence-corrected chi connectivity index (χ0v) is 9.88. The topological polar surface area (TPSA) is 12.0 Å². The van der Waals surface area contributed by atoms with E-state index in [4.69, 9.17) is 0 Å². The van der Waals surface area contributed by atoms with Gasteiger partial charge in [-0.1, -0.05) is 25.1 Å². The lowest BCUT2D eigenvalue weighted by molar-refractivity contribution is 0.451. The third-order valence-corrected chi connectivity index (χ3v) is 3.39. The van der Waals surface area contributed by atoms with Gasteiger partial charge in [0.1, 0.15) is 5.82 Å². The highest BCUT2D eigenvalue weighted by Crippen LogP contribution is 2.33. The largest absolute Gasteiger partial charge is 0.313 e. The minimum absolute atomic E-state index is 0.0798. The molecule has 0 spiro atoms. The van der Waals surface area contributed by atoms with Crippen molar-refractivity contribution in [2.45, 2.75) is 38.6 Å². The molecule has 1 aliphatic carbocycles. The second kappa shape index (κ2) is 5.44. The summed E-state index contributed by atoms with van der Waals surface area (Å²) in [6.45, 7) is 3.11. The zero-order chi connectivity index (χ0) is 11.4. The van der Waals surface area contributed by atoms with Gasteiger partial charge in [-0.25, -0.2) is 4.39 Å². The van der Waals surface area contributed by atoms with Crippen LogP contribution in [0.4, 0.5) is 4.39 Å². The number of hydrogen-bond donors (Lipinski definition) is 1. The predicted octanol–water partition coefficient (Wildman–Crippen LogP) is 3.15. The minimum atomic E-state index is -0.0798. The van der Waals surface area contributed by atoms with E-state index in [1.165, 1.54) is 25.3 Å². The van der Waals surface area contributed by atoms with E-state index in [0.29, 0.717) is 6.04 Å². The van der Waals surface area contributed by atoms with E-state index in [1.54, 1.807) is 6.07 Å². The van der Waals surface area contributed by atoms with Crippen LogP contribution in [0.1, 0.15) is 31.7 Å². The summed E-state index contributed by atoms with van der Waals surface area (Å²) in [6.07, 6.45) is 4.70. The monoisotopic (exact) mass is 221 g/mol. The van der Waals surface area contributed by atoms with Crippen molar-refractivity contribution in [1.29, 1.82) is 0 Å². The Balaban J connectivity index is 1.77. The van der Waals surface area contributed by atoms with Gasteiger partial charge in [0.05, 0.1) is 0 Å². The van der Waals surface area contributed by atoms with Crippen molar-refractivity contribution in [1.82, 2.24) is 5.32 Å². The number of benzene rings is 1. The molecule has 1 aliphatic rings. The number of rotatable bonds is 6. The van der Waals surface area contributed by atoms with Crippen molar-refractivity contribution in [3.63, 3.8) is 0 Å². The quantitative estimate of drug-likeness (QED) is 0.778. The van der Waals surface area contributed by atoms with E-state index in [-0.39, 0.29) is 5.82 Å². The molecule has 16 heavy (non-hydrogen) atoms. The van der Waals surface area contributed by atoms with Crippen LogP contribution in [0.15, 0.2) is 24.3 Å². The number of nitrogens with one attached hydrogen (secondary N) is 1. The average Bonchev–Trinajstić information content (AvgIpc) is 3.11. The maximum absolute atomic E-state index is 13.3. The molecule has 0 saturated heterocycles. The zero-order valence-electron chi connectivity index (χ0n) is 9.88. The summed E-state index contributed by atoms with van der Waals surface area (Å²) in [5, 5.41) is 3.54. The highest BCUT2D eigenvalue weighted by atomic mass is 19.1. The minimum Gasteiger partial charge on any atom is -0.313 e. The van der Waals surface area contributed by atoms with Gasteiger partial charge in [0.25, 0.3) is 0 Å². The molecule has 1 aromatic rings. The van der Waals surface area contributed by atoms with Gasteiger partial charge in [0.2, 0.25) is 0 Å². The maximum atomic E-state index is 13.3. The second-order valence-electron chi connectivity index (χ2n) is 4.65. The van der Waals surface area contributed by atoms with Crippen molar-refractivity contribution in [2.75, 3.05) is 6.54 Å². The molecule has 2 heteroatoms. The second-order valence-corrected chi connectivity index (χ2v) is 4.65. The summed E-state index contributed by atoms with van der Waals surface area (Å²) in [5.74, 6) is 0.800. The summed E-state index contributed by atoms with van der Waals surface area (Å²) in [7, 11) is 0. The molecule has 1 fully saturated rings. The number of halogens is 1. The van der Waals surface area contributed by atoms with E-state index in [0.717, 1.165) is 24.4 Å². The standard InChI is InChI=1S/C14H20FN/c1-2-14(12-7-8-12)16-10-9-11-5-3-4-6-13(11)15/h3-6,12,14,16H,2,7-10H2,1H3. The van der Waals surface area contributed by atoms with Crippen LogP contribution in [-0.4, -0.2) is 12.6 Å². The Kier molecular flexibility index (Phi) is 3.94. The van der Waals surface area contributed by atoms with Crippen LogP contribution in [0.25, 0.3) is 0 Å². The third-order valence-electron chi connectivity index (χ3n) is 3.39. The van der Waals surface area contributed by atoms with Crippen LogP contribution in [0, 0.1) is 11.7 Å². The Morgan fingerprint density at radius 1 is 1.38 bits per heavy atom. The van der Waals surface area contributed by atoms with Crippen molar-refractivity contribution in [3.8, 4) is 0 Å². The van der Waals surface area contributed by atoms with E-state index < -0.39 is 0 Å².